The van der Waals surface area contributed by atoms with Crippen molar-refractivity contribution in [1.29, 1.82) is 0 Å². The molecule has 9 nitrogen and oxygen atoms in total. The van der Waals surface area contributed by atoms with E-state index >= 15 is 0 Å². The van der Waals surface area contributed by atoms with Crippen molar-refractivity contribution in [2.75, 3.05) is 12.4 Å². The molecule has 0 saturated carbocycles. The second-order valence-corrected chi connectivity index (χ2v) is 5.94. The lowest BCUT2D eigenvalue weighted by atomic mass is 10.2. The van der Waals surface area contributed by atoms with E-state index in [0.29, 0.717) is 15.6 Å². The Balaban J connectivity index is 1.72. The van der Waals surface area contributed by atoms with E-state index in [1.165, 1.54) is 13.2 Å². The van der Waals surface area contributed by atoms with Gasteiger partial charge in [0.15, 0.2) is 10.7 Å². The maximum Gasteiger partial charge on any atom is 0.297 e. The van der Waals surface area contributed by atoms with Gasteiger partial charge in [0.1, 0.15) is 0 Å². The first-order valence-corrected chi connectivity index (χ1v) is 7.97. The largest absolute Gasteiger partial charge is 0.350 e. The van der Waals surface area contributed by atoms with Gasteiger partial charge in [-0.15, -0.1) is 10.2 Å². The van der Waals surface area contributed by atoms with Crippen LogP contribution in [0.3, 0.4) is 0 Å². The van der Waals surface area contributed by atoms with Crippen LogP contribution in [0.15, 0.2) is 34.9 Å². The number of anilines is 1. The van der Waals surface area contributed by atoms with Crippen molar-refractivity contribution in [2.45, 2.75) is 0 Å². The third kappa shape index (κ3) is 3.82. The van der Waals surface area contributed by atoms with Crippen LogP contribution < -0.4 is 10.8 Å². The number of nitrogens with zero attached hydrogens (tertiary/aromatic N) is 3. The molecule has 0 aliphatic carbocycles. The van der Waals surface area contributed by atoms with E-state index in [0.717, 1.165) is 11.3 Å². The molecule has 0 aliphatic rings. The Morgan fingerprint density at radius 2 is 2.04 bits per heavy atom. The van der Waals surface area contributed by atoms with E-state index in [2.05, 4.69) is 31.0 Å². The minimum atomic E-state index is -0.637. The number of hydrogen-bond acceptors (Lipinski definition) is 8. The molecule has 1 aromatic carbocycles. The van der Waals surface area contributed by atoms with Gasteiger partial charge in [-0.3, -0.25) is 19.7 Å². The number of carbonyl (C=O) groups is 2. The first-order valence-electron chi connectivity index (χ1n) is 6.78. The van der Waals surface area contributed by atoms with Crippen molar-refractivity contribution in [1.82, 2.24) is 20.8 Å². The summed E-state index contributed by atoms with van der Waals surface area (Å²) in [6.07, 6.45) is 0. The quantitative estimate of drug-likeness (QED) is 0.653. The van der Waals surface area contributed by atoms with Crippen LogP contribution in [0.25, 0.3) is 10.6 Å². The lowest BCUT2D eigenvalue weighted by molar-refractivity contribution is 0.0528. The van der Waals surface area contributed by atoms with E-state index in [1.54, 1.807) is 18.2 Å². The van der Waals surface area contributed by atoms with Gasteiger partial charge in [-0.2, -0.15) is 0 Å². The Morgan fingerprint density at radius 1 is 1.24 bits per heavy atom. The van der Waals surface area contributed by atoms with Gasteiger partial charge in [0, 0.05) is 11.6 Å². The predicted octanol–water partition coefficient (Wildman–Crippen LogP) is 2.39. The molecule has 2 amide bonds. The average molecular weight is 380 g/mol. The zero-order valence-electron chi connectivity index (χ0n) is 12.6. The monoisotopic (exact) mass is 379 g/mol. The number of hydrogen-bond donors (Lipinski definition) is 2. The molecule has 0 aliphatic heterocycles. The number of hydroxylamine groups is 1. The van der Waals surface area contributed by atoms with Crippen molar-refractivity contribution in [3.8, 4) is 10.6 Å². The van der Waals surface area contributed by atoms with E-state index in [1.807, 2.05) is 6.07 Å². The Hall–Kier alpha value is -2.82. The van der Waals surface area contributed by atoms with Crippen LogP contribution in [-0.4, -0.2) is 34.3 Å². The first kappa shape index (κ1) is 17.0. The summed E-state index contributed by atoms with van der Waals surface area (Å²) in [6, 6.07) is 8.34. The highest BCUT2D eigenvalue weighted by Crippen LogP contribution is 2.31. The van der Waals surface area contributed by atoms with Crippen LogP contribution in [0.5, 0.6) is 0 Å². The van der Waals surface area contributed by atoms with Gasteiger partial charge in [0.2, 0.25) is 10.9 Å². The fourth-order valence-corrected chi connectivity index (χ4v) is 2.87. The highest BCUT2D eigenvalue weighted by molar-refractivity contribution is 7.18. The van der Waals surface area contributed by atoms with Crippen LogP contribution in [-0.2, 0) is 4.84 Å². The molecule has 2 heterocycles. The second kappa shape index (κ2) is 7.38. The van der Waals surface area contributed by atoms with E-state index < -0.39 is 11.8 Å². The van der Waals surface area contributed by atoms with Crippen molar-refractivity contribution >= 4 is 39.9 Å². The smallest absolute Gasteiger partial charge is 0.297 e. The number of halogens is 1. The molecule has 2 aromatic heterocycles. The molecular formula is C14H10ClN5O4S. The Kier molecular flexibility index (Phi) is 5.03. The lowest BCUT2D eigenvalue weighted by Gasteiger charge is -1.97. The maximum absolute atomic E-state index is 12.1. The third-order valence-electron chi connectivity index (χ3n) is 2.91. The van der Waals surface area contributed by atoms with Gasteiger partial charge in [0.25, 0.3) is 11.8 Å². The zero-order valence-corrected chi connectivity index (χ0v) is 14.2. The molecule has 0 radical (unpaired) electrons. The van der Waals surface area contributed by atoms with Gasteiger partial charge in [-0.1, -0.05) is 46.3 Å². The summed E-state index contributed by atoms with van der Waals surface area (Å²) < 4.78 is 4.83. The molecule has 0 atom stereocenters. The zero-order chi connectivity index (χ0) is 17.8. The van der Waals surface area contributed by atoms with Gasteiger partial charge < -0.3 is 4.52 Å². The van der Waals surface area contributed by atoms with Crippen LogP contribution in [0.1, 0.15) is 21.0 Å². The summed E-state index contributed by atoms with van der Waals surface area (Å²) in [5, 5.41) is 15.2. The van der Waals surface area contributed by atoms with E-state index in [-0.39, 0.29) is 16.6 Å². The maximum atomic E-state index is 12.1. The topological polar surface area (TPSA) is 119 Å². The minimum absolute atomic E-state index is 0.0963. The SMILES string of the molecule is CONC(=O)c1cc(C(=O)Nc2nnc(-c3ccccc3Cl)s2)on1. The summed E-state index contributed by atoms with van der Waals surface area (Å²) in [6.45, 7) is 0. The molecule has 0 saturated heterocycles. The van der Waals surface area contributed by atoms with Crippen molar-refractivity contribution in [3.63, 3.8) is 0 Å². The lowest BCUT2D eigenvalue weighted by Crippen LogP contribution is -2.22. The summed E-state index contributed by atoms with van der Waals surface area (Å²) in [4.78, 5) is 28.1. The molecule has 3 aromatic rings. The average Bonchev–Trinajstić information content (AvgIpc) is 3.25. The molecule has 25 heavy (non-hydrogen) atoms. The third-order valence-corrected chi connectivity index (χ3v) is 4.11. The molecule has 0 spiro atoms. The normalized spacial score (nSPS) is 10.5. The fourth-order valence-electron chi connectivity index (χ4n) is 1.81. The Morgan fingerprint density at radius 3 is 2.80 bits per heavy atom. The van der Waals surface area contributed by atoms with Crippen LogP contribution >= 0.6 is 22.9 Å². The van der Waals surface area contributed by atoms with Crippen LogP contribution in [0.2, 0.25) is 5.02 Å². The summed E-state index contributed by atoms with van der Waals surface area (Å²) >= 11 is 7.25. The van der Waals surface area contributed by atoms with Crippen LogP contribution in [0.4, 0.5) is 5.13 Å². The molecule has 0 bridgehead atoms. The van der Waals surface area contributed by atoms with E-state index in [4.69, 9.17) is 16.1 Å². The summed E-state index contributed by atoms with van der Waals surface area (Å²) in [5.74, 6) is -1.41. The number of carbonyl (C=O) groups excluding carboxylic acids is 2. The first-order chi connectivity index (χ1) is 12.1. The molecule has 2 N–H and O–H groups in total. The second-order valence-electron chi connectivity index (χ2n) is 4.56. The molecule has 128 valence electrons. The minimum Gasteiger partial charge on any atom is -0.350 e. The van der Waals surface area contributed by atoms with Crippen molar-refractivity contribution in [2.24, 2.45) is 0 Å². The molecule has 0 fully saturated rings. The Labute approximate surface area is 149 Å². The van der Waals surface area contributed by atoms with Gasteiger partial charge in [-0.05, 0) is 6.07 Å². The molecule has 3 rings (SSSR count). The number of amides is 2. The molecule has 11 heteroatoms. The summed E-state index contributed by atoms with van der Waals surface area (Å²) in [7, 11) is 1.28. The summed E-state index contributed by atoms with van der Waals surface area (Å²) in [5.41, 5.74) is 2.68. The highest BCUT2D eigenvalue weighted by atomic mass is 35.5. The van der Waals surface area contributed by atoms with Crippen molar-refractivity contribution < 1.29 is 18.9 Å². The molecular weight excluding hydrogens is 370 g/mol. The fraction of sp³-hybridized carbons (Fsp3) is 0.0714. The highest BCUT2D eigenvalue weighted by Gasteiger charge is 2.19. The number of rotatable bonds is 5. The van der Waals surface area contributed by atoms with E-state index in [9.17, 15) is 9.59 Å². The molecule has 0 unspecified atom stereocenters. The number of benzene rings is 1. The van der Waals surface area contributed by atoms with Gasteiger partial charge in [-0.25, -0.2) is 5.48 Å². The standard InChI is InChI=1S/C14H10ClN5O4S/c1-23-20-11(21)9-6-10(24-19-9)12(22)16-14-18-17-13(25-14)7-4-2-3-5-8(7)15/h2-6H,1H3,(H,20,21)(H,16,18,22). The predicted molar refractivity (Wildman–Crippen MR) is 89.3 cm³/mol. The Bertz CT molecular complexity index is 925. The van der Waals surface area contributed by atoms with Gasteiger partial charge >= 0.3 is 0 Å². The van der Waals surface area contributed by atoms with Crippen LogP contribution in [0, 0.1) is 0 Å². The van der Waals surface area contributed by atoms with Crippen molar-refractivity contribution in [3.05, 3.63) is 46.8 Å². The van der Waals surface area contributed by atoms with Gasteiger partial charge in [0.05, 0.1) is 12.1 Å². The number of aromatic nitrogens is 3. The number of nitrogens with one attached hydrogen (secondary N) is 2.